The second kappa shape index (κ2) is 7.34. The van der Waals surface area contributed by atoms with Gasteiger partial charge in [0.15, 0.2) is 0 Å². The smallest absolute Gasteiger partial charge is 0.119 e. The van der Waals surface area contributed by atoms with E-state index in [9.17, 15) is 0 Å². The van der Waals surface area contributed by atoms with E-state index < -0.39 is 0 Å². The Morgan fingerprint density at radius 3 is 2.33 bits per heavy atom. The molecule has 0 aromatic heterocycles. The van der Waals surface area contributed by atoms with Gasteiger partial charge in [0.1, 0.15) is 5.75 Å². The third-order valence-electron chi connectivity index (χ3n) is 2.49. The third kappa shape index (κ3) is 7.21. The third-order valence-corrected chi connectivity index (χ3v) is 3.21. The molecule has 1 aromatic rings. The highest BCUT2D eigenvalue weighted by Crippen LogP contribution is 2.15. The topological polar surface area (TPSA) is 18.5 Å². The quantitative estimate of drug-likeness (QED) is 0.694. The van der Waals surface area contributed by atoms with E-state index in [2.05, 4.69) is 62.4 Å². The molecule has 0 radical (unpaired) electrons. The van der Waals surface area contributed by atoms with E-state index in [0.29, 0.717) is 5.92 Å². The fourth-order valence-electron chi connectivity index (χ4n) is 1.38. The van der Waals surface area contributed by atoms with E-state index in [1.165, 1.54) is 3.57 Å². The Hall–Kier alpha value is -0.290. The van der Waals surface area contributed by atoms with Crippen LogP contribution in [0.4, 0.5) is 0 Å². The number of benzene rings is 1. The van der Waals surface area contributed by atoms with Crippen molar-refractivity contribution in [2.45, 2.75) is 39.7 Å². The molecule has 0 saturated heterocycles. The van der Waals surface area contributed by atoms with Crippen LogP contribution in [0.25, 0.3) is 0 Å². The molecule has 0 fully saturated rings. The summed E-state index contributed by atoms with van der Waals surface area (Å²) in [4.78, 5) is 0. The van der Waals surface area contributed by atoms with Gasteiger partial charge in [0.05, 0.1) is 12.2 Å². The largest absolute Gasteiger partial charge is 0.494 e. The maximum Gasteiger partial charge on any atom is 0.119 e. The molecule has 0 aliphatic rings. The minimum absolute atomic E-state index is 0.0504. The zero-order chi connectivity index (χ0) is 13.6. The summed E-state index contributed by atoms with van der Waals surface area (Å²) in [6.45, 7) is 9.99. The molecule has 0 amide bonds. The van der Waals surface area contributed by atoms with Crippen LogP contribution in [0.5, 0.6) is 5.75 Å². The molecular formula is C15H23IO2. The predicted octanol–water partition coefficient (Wildman–Crippen LogP) is 4.51. The second-order valence-corrected chi connectivity index (χ2v) is 6.87. The van der Waals surface area contributed by atoms with Gasteiger partial charge in [0, 0.05) is 10.2 Å². The summed E-state index contributed by atoms with van der Waals surface area (Å²) in [5.74, 6) is 1.47. The van der Waals surface area contributed by atoms with Crippen LogP contribution in [-0.4, -0.2) is 18.8 Å². The molecule has 18 heavy (non-hydrogen) atoms. The lowest BCUT2D eigenvalue weighted by Crippen LogP contribution is -2.23. The molecule has 1 atom stereocenters. The van der Waals surface area contributed by atoms with Crippen molar-refractivity contribution in [1.29, 1.82) is 0 Å². The standard InChI is InChI=1S/C15H23IO2/c1-12(11-18-15(2,3)4)9-10-17-14-7-5-13(16)6-8-14/h5-8,12H,9-11H2,1-4H3. The number of hydrogen-bond acceptors (Lipinski definition) is 2. The van der Waals surface area contributed by atoms with Gasteiger partial charge in [-0.15, -0.1) is 0 Å². The number of ether oxygens (including phenoxy) is 2. The van der Waals surface area contributed by atoms with Crippen molar-refractivity contribution in [1.82, 2.24) is 0 Å². The first kappa shape index (κ1) is 15.8. The molecule has 1 rings (SSSR count). The van der Waals surface area contributed by atoms with Crippen LogP contribution < -0.4 is 4.74 Å². The molecule has 0 spiro atoms. The molecule has 0 aliphatic carbocycles. The van der Waals surface area contributed by atoms with Crippen LogP contribution in [0.15, 0.2) is 24.3 Å². The highest BCUT2D eigenvalue weighted by Gasteiger charge is 2.12. The summed E-state index contributed by atoms with van der Waals surface area (Å²) in [7, 11) is 0. The average molecular weight is 362 g/mol. The van der Waals surface area contributed by atoms with E-state index in [1.54, 1.807) is 0 Å². The van der Waals surface area contributed by atoms with Crippen LogP contribution in [0, 0.1) is 9.49 Å². The Morgan fingerprint density at radius 2 is 1.78 bits per heavy atom. The normalized spacial score (nSPS) is 13.4. The maximum atomic E-state index is 5.75. The van der Waals surface area contributed by atoms with Gasteiger partial charge in [-0.05, 0) is 80.0 Å². The van der Waals surface area contributed by atoms with Crippen molar-refractivity contribution in [2.75, 3.05) is 13.2 Å². The van der Waals surface area contributed by atoms with Gasteiger partial charge in [-0.3, -0.25) is 0 Å². The summed E-state index contributed by atoms with van der Waals surface area (Å²) in [6.07, 6.45) is 1.02. The van der Waals surface area contributed by atoms with Crippen LogP contribution in [0.2, 0.25) is 0 Å². The molecule has 1 unspecified atom stereocenters. The predicted molar refractivity (Wildman–Crippen MR) is 84.1 cm³/mol. The second-order valence-electron chi connectivity index (χ2n) is 5.62. The van der Waals surface area contributed by atoms with Gasteiger partial charge in [0.2, 0.25) is 0 Å². The Morgan fingerprint density at radius 1 is 1.17 bits per heavy atom. The summed E-state index contributed by atoms with van der Waals surface area (Å²) in [5.41, 5.74) is -0.0504. The van der Waals surface area contributed by atoms with Gasteiger partial charge in [-0.1, -0.05) is 6.92 Å². The van der Waals surface area contributed by atoms with Gasteiger partial charge in [0.25, 0.3) is 0 Å². The van der Waals surface area contributed by atoms with Gasteiger partial charge < -0.3 is 9.47 Å². The maximum absolute atomic E-state index is 5.75. The molecule has 0 aliphatic heterocycles. The van der Waals surface area contributed by atoms with Crippen molar-refractivity contribution >= 4 is 22.6 Å². The van der Waals surface area contributed by atoms with Gasteiger partial charge >= 0.3 is 0 Å². The summed E-state index contributed by atoms with van der Waals surface area (Å²) >= 11 is 2.29. The lowest BCUT2D eigenvalue weighted by atomic mass is 10.1. The Kier molecular flexibility index (Phi) is 6.43. The fraction of sp³-hybridized carbons (Fsp3) is 0.600. The lowest BCUT2D eigenvalue weighted by molar-refractivity contribution is -0.0221. The first-order valence-corrected chi connectivity index (χ1v) is 7.47. The van der Waals surface area contributed by atoms with Crippen LogP contribution in [-0.2, 0) is 4.74 Å². The molecule has 3 heteroatoms. The Bertz CT molecular complexity index is 341. The van der Waals surface area contributed by atoms with Crippen molar-refractivity contribution in [3.8, 4) is 5.75 Å². The lowest BCUT2D eigenvalue weighted by Gasteiger charge is -2.22. The monoisotopic (exact) mass is 362 g/mol. The molecule has 0 N–H and O–H groups in total. The van der Waals surface area contributed by atoms with Crippen LogP contribution in [0.3, 0.4) is 0 Å². The summed E-state index contributed by atoms with van der Waals surface area (Å²) < 4.78 is 12.7. The average Bonchev–Trinajstić information content (AvgIpc) is 2.28. The van der Waals surface area contributed by atoms with E-state index >= 15 is 0 Å². The first-order valence-electron chi connectivity index (χ1n) is 6.39. The number of rotatable bonds is 6. The highest BCUT2D eigenvalue weighted by atomic mass is 127. The van der Waals surface area contributed by atoms with E-state index in [0.717, 1.165) is 25.4 Å². The molecule has 1 aromatic carbocycles. The van der Waals surface area contributed by atoms with Gasteiger partial charge in [-0.2, -0.15) is 0 Å². The van der Waals surface area contributed by atoms with Gasteiger partial charge in [-0.25, -0.2) is 0 Å². The number of halogens is 1. The fourth-order valence-corrected chi connectivity index (χ4v) is 1.74. The van der Waals surface area contributed by atoms with Crippen LogP contribution in [0.1, 0.15) is 34.1 Å². The molecule has 0 saturated carbocycles. The zero-order valence-corrected chi connectivity index (χ0v) is 13.9. The zero-order valence-electron chi connectivity index (χ0n) is 11.7. The van der Waals surface area contributed by atoms with Crippen LogP contribution >= 0.6 is 22.6 Å². The molecule has 0 heterocycles. The highest BCUT2D eigenvalue weighted by molar-refractivity contribution is 14.1. The van der Waals surface area contributed by atoms with E-state index in [4.69, 9.17) is 9.47 Å². The minimum Gasteiger partial charge on any atom is -0.494 e. The van der Waals surface area contributed by atoms with E-state index in [-0.39, 0.29) is 5.60 Å². The Balaban J connectivity index is 2.19. The molecule has 2 nitrogen and oxygen atoms in total. The van der Waals surface area contributed by atoms with Crippen molar-refractivity contribution in [2.24, 2.45) is 5.92 Å². The Labute approximate surface area is 124 Å². The van der Waals surface area contributed by atoms with Crippen molar-refractivity contribution < 1.29 is 9.47 Å². The minimum atomic E-state index is -0.0504. The summed E-state index contributed by atoms with van der Waals surface area (Å²) in [6, 6.07) is 8.14. The van der Waals surface area contributed by atoms with Crippen molar-refractivity contribution in [3.63, 3.8) is 0 Å². The summed E-state index contributed by atoms with van der Waals surface area (Å²) in [5, 5.41) is 0. The van der Waals surface area contributed by atoms with Crippen molar-refractivity contribution in [3.05, 3.63) is 27.8 Å². The number of hydrogen-bond donors (Lipinski definition) is 0. The first-order chi connectivity index (χ1) is 8.37. The molecule has 102 valence electrons. The molecule has 0 bridgehead atoms. The molecular weight excluding hydrogens is 339 g/mol. The van der Waals surface area contributed by atoms with E-state index in [1.807, 2.05) is 12.1 Å². The SMILES string of the molecule is CC(CCOc1ccc(I)cc1)COC(C)(C)C.